The number of carbonyl (C=O) groups is 2. The predicted octanol–water partition coefficient (Wildman–Crippen LogP) is 4.54. The van der Waals surface area contributed by atoms with Gasteiger partial charge in [-0.2, -0.15) is 0 Å². The standard InChI is InChI=1S/C25H28O6/c1-28-21-15-14-20(18-22(21)29-2)13-9-17-25(23(26)30-3,24(27)31-4)16-8-12-19-10-6-5-7-11-19/h5-15,18H,16-17H2,1-4H3/b12-8+,13-9+. The number of benzene rings is 2. The van der Waals surface area contributed by atoms with Gasteiger partial charge in [0.05, 0.1) is 28.4 Å². The zero-order valence-corrected chi connectivity index (χ0v) is 18.3. The Morgan fingerprint density at radius 2 is 1.29 bits per heavy atom. The molecule has 0 saturated carbocycles. The fourth-order valence-corrected chi connectivity index (χ4v) is 3.20. The summed E-state index contributed by atoms with van der Waals surface area (Å²) in [6.07, 6.45) is 7.46. The molecule has 31 heavy (non-hydrogen) atoms. The summed E-state index contributed by atoms with van der Waals surface area (Å²) in [6.45, 7) is 0. The Morgan fingerprint density at radius 3 is 1.81 bits per heavy atom. The normalized spacial score (nSPS) is 11.5. The van der Waals surface area contributed by atoms with Crippen LogP contribution in [0.15, 0.2) is 60.7 Å². The first-order valence-corrected chi connectivity index (χ1v) is 9.77. The molecular weight excluding hydrogens is 396 g/mol. The molecule has 0 aliphatic rings. The monoisotopic (exact) mass is 424 g/mol. The molecule has 0 radical (unpaired) electrons. The topological polar surface area (TPSA) is 71.1 Å². The van der Waals surface area contributed by atoms with Crippen molar-refractivity contribution in [3.05, 3.63) is 71.8 Å². The van der Waals surface area contributed by atoms with Crippen LogP contribution < -0.4 is 9.47 Å². The summed E-state index contributed by atoms with van der Waals surface area (Å²) in [5.74, 6) is -0.0881. The third kappa shape index (κ3) is 5.98. The van der Waals surface area contributed by atoms with Gasteiger partial charge in [-0.3, -0.25) is 9.59 Å². The van der Waals surface area contributed by atoms with E-state index in [9.17, 15) is 9.59 Å². The molecule has 6 nitrogen and oxygen atoms in total. The van der Waals surface area contributed by atoms with Crippen LogP contribution in [0.25, 0.3) is 12.2 Å². The fraction of sp³-hybridized carbons (Fsp3) is 0.280. The van der Waals surface area contributed by atoms with Gasteiger partial charge in [0.2, 0.25) is 0 Å². The average molecular weight is 424 g/mol. The van der Waals surface area contributed by atoms with Crippen LogP contribution in [0.2, 0.25) is 0 Å². The summed E-state index contributed by atoms with van der Waals surface area (Å²) in [4.78, 5) is 25.4. The molecule has 0 amide bonds. The van der Waals surface area contributed by atoms with Gasteiger partial charge in [-0.25, -0.2) is 0 Å². The maximum Gasteiger partial charge on any atom is 0.323 e. The number of ether oxygens (including phenoxy) is 4. The molecule has 0 aliphatic heterocycles. The van der Waals surface area contributed by atoms with E-state index in [1.165, 1.54) is 14.2 Å². The van der Waals surface area contributed by atoms with E-state index in [1.54, 1.807) is 32.4 Å². The highest BCUT2D eigenvalue weighted by molar-refractivity contribution is 6.00. The molecule has 0 unspecified atom stereocenters. The number of hydrogen-bond donors (Lipinski definition) is 0. The number of carbonyl (C=O) groups excluding carboxylic acids is 2. The molecule has 2 aromatic carbocycles. The van der Waals surface area contributed by atoms with E-state index in [0.717, 1.165) is 11.1 Å². The lowest BCUT2D eigenvalue weighted by Crippen LogP contribution is -2.40. The fourth-order valence-electron chi connectivity index (χ4n) is 3.20. The number of allylic oxidation sites excluding steroid dienone is 2. The van der Waals surface area contributed by atoms with Crippen LogP contribution in [-0.2, 0) is 19.1 Å². The highest BCUT2D eigenvalue weighted by Crippen LogP contribution is 2.33. The third-order valence-corrected chi connectivity index (χ3v) is 4.91. The maximum atomic E-state index is 12.7. The van der Waals surface area contributed by atoms with Crippen molar-refractivity contribution in [3.63, 3.8) is 0 Å². The highest BCUT2D eigenvalue weighted by Gasteiger charge is 2.46. The van der Waals surface area contributed by atoms with E-state index < -0.39 is 17.4 Å². The molecule has 0 aliphatic carbocycles. The molecule has 2 aromatic rings. The second kappa shape index (κ2) is 11.6. The van der Waals surface area contributed by atoms with Gasteiger partial charge in [-0.05, 0) is 36.1 Å². The summed E-state index contributed by atoms with van der Waals surface area (Å²) in [5.41, 5.74) is 0.315. The maximum absolute atomic E-state index is 12.7. The Hall–Kier alpha value is -3.54. The lowest BCUT2D eigenvalue weighted by Gasteiger charge is -2.25. The van der Waals surface area contributed by atoms with Crippen LogP contribution >= 0.6 is 0 Å². The minimum Gasteiger partial charge on any atom is -0.493 e. The predicted molar refractivity (Wildman–Crippen MR) is 120 cm³/mol. The Balaban J connectivity index is 2.29. The summed E-state index contributed by atoms with van der Waals surface area (Å²) in [5, 5.41) is 0. The van der Waals surface area contributed by atoms with Crippen molar-refractivity contribution >= 4 is 24.1 Å². The molecule has 0 heterocycles. The van der Waals surface area contributed by atoms with Gasteiger partial charge in [0.25, 0.3) is 0 Å². The first-order valence-electron chi connectivity index (χ1n) is 9.77. The zero-order chi connectivity index (χ0) is 22.7. The van der Waals surface area contributed by atoms with Crippen LogP contribution in [-0.4, -0.2) is 40.4 Å². The van der Waals surface area contributed by atoms with Gasteiger partial charge in [0.15, 0.2) is 16.9 Å². The van der Waals surface area contributed by atoms with Gasteiger partial charge >= 0.3 is 11.9 Å². The largest absolute Gasteiger partial charge is 0.493 e. The molecule has 0 aromatic heterocycles. The molecule has 0 spiro atoms. The van der Waals surface area contributed by atoms with Gasteiger partial charge in [-0.15, -0.1) is 0 Å². The van der Waals surface area contributed by atoms with Gasteiger partial charge in [0.1, 0.15) is 0 Å². The van der Waals surface area contributed by atoms with Crippen LogP contribution in [0, 0.1) is 5.41 Å². The van der Waals surface area contributed by atoms with Gasteiger partial charge in [0, 0.05) is 0 Å². The molecule has 6 heteroatoms. The third-order valence-electron chi connectivity index (χ3n) is 4.91. The van der Waals surface area contributed by atoms with Crippen LogP contribution in [0.1, 0.15) is 24.0 Å². The first-order chi connectivity index (χ1) is 15.0. The van der Waals surface area contributed by atoms with Crippen molar-refractivity contribution in [1.82, 2.24) is 0 Å². The van der Waals surface area contributed by atoms with Crippen LogP contribution in [0.5, 0.6) is 11.5 Å². The smallest absolute Gasteiger partial charge is 0.323 e. The minimum absolute atomic E-state index is 0.111. The van der Waals surface area contributed by atoms with Crippen molar-refractivity contribution in [1.29, 1.82) is 0 Å². The number of esters is 2. The van der Waals surface area contributed by atoms with E-state index in [1.807, 2.05) is 54.6 Å². The van der Waals surface area contributed by atoms with E-state index in [0.29, 0.717) is 11.5 Å². The Labute approximate surface area is 183 Å². The van der Waals surface area contributed by atoms with Crippen molar-refractivity contribution in [2.24, 2.45) is 5.41 Å². The second-order valence-electron chi connectivity index (χ2n) is 6.80. The lowest BCUT2D eigenvalue weighted by atomic mass is 9.80. The number of methoxy groups -OCH3 is 4. The summed E-state index contributed by atoms with van der Waals surface area (Å²) < 4.78 is 20.5. The second-order valence-corrected chi connectivity index (χ2v) is 6.80. The molecule has 0 atom stereocenters. The number of rotatable bonds is 10. The Morgan fingerprint density at radius 1 is 0.742 bits per heavy atom. The van der Waals surface area contributed by atoms with Gasteiger partial charge in [-0.1, -0.05) is 60.7 Å². The number of hydrogen-bond acceptors (Lipinski definition) is 6. The zero-order valence-electron chi connectivity index (χ0n) is 18.3. The van der Waals surface area contributed by atoms with Crippen molar-refractivity contribution in [2.45, 2.75) is 12.8 Å². The average Bonchev–Trinajstić information content (AvgIpc) is 2.82. The summed E-state index contributed by atoms with van der Waals surface area (Å²) in [7, 11) is 5.65. The summed E-state index contributed by atoms with van der Waals surface area (Å²) in [6, 6.07) is 15.1. The van der Waals surface area contributed by atoms with Crippen LogP contribution in [0.3, 0.4) is 0 Å². The molecule has 2 rings (SSSR count). The lowest BCUT2D eigenvalue weighted by molar-refractivity contribution is -0.168. The van der Waals surface area contributed by atoms with E-state index >= 15 is 0 Å². The van der Waals surface area contributed by atoms with Gasteiger partial charge < -0.3 is 18.9 Å². The Kier molecular flexibility index (Phi) is 8.88. The summed E-state index contributed by atoms with van der Waals surface area (Å²) >= 11 is 0. The van der Waals surface area contributed by atoms with Crippen LogP contribution in [0.4, 0.5) is 0 Å². The Bertz CT molecular complexity index is 914. The molecule has 0 fully saturated rings. The molecule has 0 saturated heterocycles. The minimum atomic E-state index is -1.48. The van der Waals surface area contributed by atoms with Crippen molar-refractivity contribution in [2.75, 3.05) is 28.4 Å². The highest BCUT2D eigenvalue weighted by atomic mass is 16.5. The quantitative estimate of drug-likeness (QED) is 0.412. The molecule has 0 bridgehead atoms. The van der Waals surface area contributed by atoms with Crippen molar-refractivity contribution < 1.29 is 28.5 Å². The van der Waals surface area contributed by atoms with E-state index in [2.05, 4.69) is 0 Å². The molecule has 164 valence electrons. The molecule has 0 N–H and O–H groups in total. The molecular formula is C25H28O6. The van der Waals surface area contributed by atoms with E-state index in [-0.39, 0.29) is 12.8 Å². The first kappa shape index (κ1) is 23.7. The van der Waals surface area contributed by atoms with E-state index in [4.69, 9.17) is 18.9 Å². The van der Waals surface area contributed by atoms with Crippen molar-refractivity contribution in [3.8, 4) is 11.5 Å². The SMILES string of the molecule is COC(=O)C(C/C=C/c1ccccc1)(C/C=C/c1ccc(OC)c(OC)c1)C(=O)OC.